The molecule has 1 aliphatic rings. The highest BCUT2D eigenvalue weighted by Crippen LogP contribution is 2.30. The second-order valence-electron chi connectivity index (χ2n) is 6.16. The van der Waals surface area contributed by atoms with Crippen LogP contribution in [-0.4, -0.2) is 28.3 Å². The standard InChI is InChI=1S/C19H16ClN5O2S/c20-14-3-1-12(2-4-14)11-25-15-7-13(8-22-18(15)23-10-17(25)26)19(27)24-9-16-21-5-6-28-16/h1-8H,9-11H2,(H,22,23)(H,24,27). The van der Waals surface area contributed by atoms with Crippen LogP contribution >= 0.6 is 22.9 Å². The zero-order valence-corrected chi connectivity index (χ0v) is 16.3. The van der Waals surface area contributed by atoms with Crippen LogP contribution < -0.4 is 15.5 Å². The molecule has 9 heteroatoms. The second-order valence-corrected chi connectivity index (χ2v) is 7.58. The minimum Gasteiger partial charge on any atom is -0.359 e. The number of hydrogen-bond acceptors (Lipinski definition) is 6. The zero-order valence-electron chi connectivity index (χ0n) is 14.7. The monoisotopic (exact) mass is 413 g/mol. The number of nitrogens with zero attached hydrogens (tertiary/aromatic N) is 3. The lowest BCUT2D eigenvalue weighted by molar-refractivity contribution is -0.117. The lowest BCUT2D eigenvalue weighted by atomic mass is 10.1. The molecule has 2 N–H and O–H groups in total. The van der Waals surface area contributed by atoms with Gasteiger partial charge >= 0.3 is 0 Å². The Balaban J connectivity index is 1.56. The SMILES string of the molecule is O=C(NCc1nccs1)c1cnc2c(c1)N(Cc1ccc(Cl)cc1)C(=O)CN2. The molecule has 7 nitrogen and oxygen atoms in total. The van der Waals surface area contributed by atoms with Gasteiger partial charge in [-0.25, -0.2) is 9.97 Å². The van der Waals surface area contributed by atoms with Crippen molar-refractivity contribution in [2.45, 2.75) is 13.1 Å². The van der Waals surface area contributed by atoms with Gasteiger partial charge in [-0.15, -0.1) is 11.3 Å². The summed E-state index contributed by atoms with van der Waals surface area (Å²) in [7, 11) is 0. The number of anilines is 2. The van der Waals surface area contributed by atoms with Crippen LogP contribution in [0.15, 0.2) is 48.1 Å². The summed E-state index contributed by atoms with van der Waals surface area (Å²) in [5.74, 6) is 0.213. The number of rotatable bonds is 5. The van der Waals surface area contributed by atoms with Crippen molar-refractivity contribution in [1.29, 1.82) is 0 Å². The molecule has 3 aromatic rings. The van der Waals surface area contributed by atoms with Crippen LogP contribution in [0, 0.1) is 0 Å². The third kappa shape index (κ3) is 3.97. The lowest BCUT2D eigenvalue weighted by Crippen LogP contribution is -2.40. The van der Waals surface area contributed by atoms with E-state index in [1.165, 1.54) is 17.5 Å². The van der Waals surface area contributed by atoms with Gasteiger partial charge in [-0.3, -0.25) is 9.59 Å². The van der Waals surface area contributed by atoms with E-state index in [1.54, 1.807) is 29.3 Å². The summed E-state index contributed by atoms with van der Waals surface area (Å²) >= 11 is 7.41. The number of fused-ring (bicyclic) bond motifs is 1. The molecule has 0 saturated heterocycles. The van der Waals surface area contributed by atoms with Crippen molar-refractivity contribution in [3.63, 3.8) is 0 Å². The van der Waals surface area contributed by atoms with E-state index in [0.29, 0.717) is 35.2 Å². The molecule has 28 heavy (non-hydrogen) atoms. The Bertz CT molecular complexity index is 1010. The van der Waals surface area contributed by atoms with Crippen molar-refractivity contribution >= 4 is 46.3 Å². The van der Waals surface area contributed by atoms with E-state index in [1.807, 2.05) is 17.5 Å². The van der Waals surface area contributed by atoms with Crippen LogP contribution in [0.2, 0.25) is 5.02 Å². The minimum atomic E-state index is -0.269. The number of nitrogens with one attached hydrogen (secondary N) is 2. The van der Waals surface area contributed by atoms with Crippen molar-refractivity contribution in [1.82, 2.24) is 15.3 Å². The highest BCUT2D eigenvalue weighted by Gasteiger charge is 2.26. The number of carbonyl (C=O) groups excluding carboxylic acids is 2. The number of benzene rings is 1. The number of halogens is 1. The molecular weight excluding hydrogens is 398 g/mol. The van der Waals surface area contributed by atoms with E-state index in [-0.39, 0.29) is 18.4 Å². The first kappa shape index (κ1) is 18.4. The molecule has 0 radical (unpaired) electrons. The van der Waals surface area contributed by atoms with Crippen LogP contribution in [0.3, 0.4) is 0 Å². The third-order valence-electron chi connectivity index (χ3n) is 4.27. The van der Waals surface area contributed by atoms with Gasteiger partial charge in [0.1, 0.15) is 5.01 Å². The molecule has 1 aliphatic heterocycles. The number of pyridine rings is 1. The van der Waals surface area contributed by atoms with E-state index in [9.17, 15) is 9.59 Å². The van der Waals surface area contributed by atoms with Crippen LogP contribution in [-0.2, 0) is 17.9 Å². The highest BCUT2D eigenvalue weighted by atomic mass is 35.5. The summed E-state index contributed by atoms with van der Waals surface area (Å²) in [5.41, 5.74) is 1.89. The fourth-order valence-electron chi connectivity index (χ4n) is 2.85. The molecule has 0 unspecified atom stereocenters. The summed E-state index contributed by atoms with van der Waals surface area (Å²) < 4.78 is 0. The topological polar surface area (TPSA) is 87.2 Å². The molecule has 2 aromatic heterocycles. The molecule has 142 valence electrons. The van der Waals surface area contributed by atoms with E-state index in [2.05, 4.69) is 20.6 Å². The molecule has 1 aromatic carbocycles. The van der Waals surface area contributed by atoms with Crippen molar-refractivity contribution in [2.75, 3.05) is 16.8 Å². The third-order valence-corrected chi connectivity index (χ3v) is 5.30. The van der Waals surface area contributed by atoms with Crippen LogP contribution in [0.4, 0.5) is 11.5 Å². The number of hydrogen-bond donors (Lipinski definition) is 2. The molecule has 3 heterocycles. The van der Waals surface area contributed by atoms with Crippen LogP contribution in [0.1, 0.15) is 20.9 Å². The number of carbonyl (C=O) groups is 2. The van der Waals surface area contributed by atoms with Crippen LogP contribution in [0.25, 0.3) is 0 Å². The first-order valence-corrected chi connectivity index (χ1v) is 9.81. The second kappa shape index (κ2) is 7.95. The summed E-state index contributed by atoms with van der Waals surface area (Å²) in [6, 6.07) is 8.99. The first-order valence-electron chi connectivity index (χ1n) is 8.55. The Kier molecular flexibility index (Phi) is 5.23. The highest BCUT2D eigenvalue weighted by molar-refractivity contribution is 7.09. The van der Waals surface area contributed by atoms with Crippen molar-refractivity contribution in [2.24, 2.45) is 0 Å². The number of amides is 2. The predicted molar refractivity (Wildman–Crippen MR) is 109 cm³/mol. The van der Waals surface area contributed by atoms with Gasteiger partial charge in [0.2, 0.25) is 5.91 Å². The molecule has 4 rings (SSSR count). The van der Waals surface area contributed by atoms with Crippen LogP contribution in [0.5, 0.6) is 0 Å². The fourth-order valence-corrected chi connectivity index (χ4v) is 3.53. The maximum atomic E-state index is 12.5. The average molecular weight is 414 g/mol. The maximum absolute atomic E-state index is 12.5. The first-order chi connectivity index (χ1) is 13.6. The smallest absolute Gasteiger partial charge is 0.253 e. The Morgan fingerprint density at radius 2 is 2.11 bits per heavy atom. The average Bonchev–Trinajstić information content (AvgIpc) is 3.23. The molecule has 2 amide bonds. The molecule has 0 fully saturated rings. The van der Waals surface area contributed by atoms with Gasteiger partial charge < -0.3 is 15.5 Å². The molecule has 0 bridgehead atoms. The normalized spacial score (nSPS) is 13.0. The van der Waals surface area contributed by atoms with Gasteiger partial charge in [0, 0.05) is 22.8 Å². The van der Waals surface area contributed by atoms with E-state index < -0.39 is 0 Å². The number of thiazole rings is 1. The summed E-state index contributed by atoms with van der Waals surface area (Å²) in [6.07, 6.45) is 3.19. The van der Waals surface area contributed by atoms with Crippen molar-refractivity contribution in [3.8, 4) is 0 Å². The molecular formula is C19H16ClN5O2S. The van der Waals surface area contributed by atoms with Gasteiger partial charge in [-0.2, -0.15) is 0 Å². The summed E-state index contributed by atoms with van der Waals surface area (Å²) in [4.78, 5) is 35.1. The Morgan fingerprint density at radius 3 is 2.86 bits per heavy atom. The van der Waals surface area contributed by atoms with Gasteiger partial charge in [-0.05, 0) is 23.8 Å². The fraction of sp³-hybridized carbons (Fsp3) is 0.158. The predicted octanol–water partition coefficient (Wildman–Crippen LogP) is 3.08. The molecule has 0 atom stereocenters. The lowest BCUT2D eigenvalue weighted by Gasteiger charge is -2.29. The Labute approximate surface area is 170 Å². The largest absolute Gasteiger partial charge is 0.359 e. The number of aromatic nitrogens is 2. The van der Waals surface area contributed by atoms with Gasteiger partial charge in [-0.1, -0.05) is 23.7 Å². The minimum absolute atomic E-state index is 0.0930. The maximum Gasteiger partial charge on any atom is 0.253 e. The van der Waals surface area contributed by atoms with Gasteiger partial charge in [0.15, 0.2) is 5.82 Å². The summed E-state index contributed by atoms with van der Waals surface area (Å²) in [5, 5.41) is 9.13. The molecule has 0 saturated carbocycles. The zero-order chi connectivity index (χ0) is 19.5. The van der Waals surface area contributed by atoms with Gasteiger partial charge in [0.25, 0.3) is 5.91 Å². The summed E-state index contributed by atoms with van der Waals surface area (Å²) in [6.45, 7) is 0.874. The van der Waals surface area contributed by atoms with Crippen molar-refractivity contribution in [3.05, 3.63) is 69.3 Å². The van der Waals surface area contributed by atoms with Crippen molar-refractivity contribution < 1.29 is 9.59 Å². The van der Waals surface area contributed by atoms with Gasteiger partial charge in [0.05, 0.1) is 30.9 Å². The molecule has 0 aliphatic carbocycles. The van der Waals surface area contributed by atoms with E-state index >= 15 is 0 Å². The Hall–Kier alpha value is -2.97. The van der Waals surface area contributed by atoms with E-state index in [0.717, 1.165) is 10.6 Å². The molecule has 0 spiro atoms. The Morgan fingerprint density at radius 1 is 1.29 bits per heavy atom. The van der Waals surface area contributed by atoms with E-state index in [4.69, 9.17) is 11.6 Å². The quantitative estimate of drug-likeness (QED) is 0.671.